The number of ether oxygens (including phenoxy) is 1. The number of carboxylic acid groups (broad SMARTS) is 1. The lowest BCUT2D eigenvalue weighted by Gasteiger charge is -2.70. The monoisotopic (exact) mass is 535 g/mol. The van der Waals surface area contributed by atoms with Crippen molar-refractivity contribution in [3.8, 4) is 0 Å². The predicted octanol–water partition coefficient (Wildman–Crippen LogP) is 6.30. The number of aliphatic imine (C=N–C) groups is 1. The minimum Gasteiger partial charge on any atom is -0.481 e. The third-order valence-electron chi connectivity index (χ3n) is 12.5. The molecule has 39 heavy (non-hydrogen) atoms. The van der Waals surface area contributed by atoms with Gasteiger partial charge in [-0.25, -0.2) is 0 Å². The molecule has 5 rings (SSSR count). The lowest BCUT2D eigenvalue weighted by molar-refractivity contribution is -0.178. The lowest BCUT2D eigenvalue weighted by Crippen LogP contribution is -2.62. The Hall–Kier alpha value is -2.34. The standard InChI is InChI=1S/C33H45NO5/c1-20(35)19-34-26-23(36)17-22-21(33(26,7)39-8)9-10-24-30(22,4)14-16-32(6)25-18-29(3,27(37)38)12-11-28(25,2)13-15-31(24,32)5/h9-10,17,25H,11-16,18-19H2,1-8H3,(H,37,38)/t25-,28-,29-,30+,31-,32+,33+/m1/s1. The predicted molar refractivity (Wildman–Crippen MR) is 152 cm³/mol. The average molecular weight is 536 g/mol. The third kappa shape index (κ3) is 3.62. The van der Waals surface area contributed by atoms with Crippen LogP contribution in [0.2, 0.25) is 0 Å². The van der Waals surface area contributed by atoms with Crippen LogP contribution in [0.25, 0.3) is 0 Å². The highest BCUT2D eigenvalue weighted by Gasteiger charge is 2.67. The average Bonchev–Trinajstić information content (AvgIpc) is 2.86. The van der Waals surface area contributed by atoms with Crippen LogP contribution in [0.5, 0.6) is 0 Å². The molecule has 0 unspecified atom stereocenters. The maximum Gasteiger partial charge on any atom is 0.309 e. The van der Waals surface area contributed by atoms with Crippen LogP contribution in [-0.4, -0.2) is 47.6 Å². The molecule has 3 saturated carbocycles. The third-order valence-corrected chi connectivity index (χ3v) is 12.5. The van der Waals surface area contributed by atoms with E-state index in [1.165, 1.54) is 12.5 Å². The highest BCUT2D eigenvalue weighted by molar-refractivity contribution is 6.49. The molecule has 0 radical (unpaired) electrons. The van der Waals surface area contributed by atoms with E-state index in [9.17, 15) is 19.5 Å². The maximum absolute atomic E-state index is 13.5. The summed E-state index contributed by atoms with van der Waals surface area (Å²) in [5, 5.41) is 10.2. The van der Waals surface area contributed by atoms with E-state index in [0.717, 1.165) is 56.1 Å². The zero-order valence-corrected chi connectivity index (χ0v) is 25.0. The molecular formula is C33H45NO5. The molecule has 5 aliphatic rings. The van der Waals surface area contributed by atoms with Crippen molar-refractivity contribution in [1.82, 2.24) is 0 Å². The number of carboxylic acids is 1. The van der Waals surface area contributed by atoms with Crippen LogP contribution in [0.3, 0.4) is 0 Å². The number of carbonyl (C=O) groups excluding carboxylic acids is 2. The normalized spacial score (nSPS) is 46.2. The zero-order valence-electron chi connectivity index (χ0n) is 25.0. The molecule has 212 valence electrons. The molecule has 5 aliphatic carbocycles. The molecule has 3 fully saturated rings. The van der Waals surface area contributed by atoms with Gasteiger partial charge in [0, 0.05) is 12.5 Å². The number of fused-ring (bicyclic) bond motifs is 7. The molecule has 0 amide bonds. The smallest absolute Gasteiger partial charge is 0.309 e. The van der Waals surface area contributed by atoms with Crippen LogP contribution < -0.4 is 0 Å². The Kier molecular flexibility index (Phi) is 6.20. The van der Waals surface area contributed by atoms with E-state index in [-0.39, 0.29) is 45.5 Å². The van der Waals surface area contributed by atoms with E-state index >= 15 is 0 Å². The molecule has 6 nitrogen and oxygen atoms in total. The fourth-order valence-electron chi connectivity index (χ4n) is 9.42. The summed E-state index contributed by atoms with van der Waals surface area (Å²) in [6, 6.07) is 0. The summed E-state index contributed by atoms with van der Waals surface area (Å²) in [5.41, 5.74) is 1.52. The van der Waals surface area contributed by atoms with Crippen molar-refractivity contribution < 1.29 is 24.2 Å². The van der Waals surface area contributed by atoms with E-state index < -0.39 is 17.0 Å². The summed E-state index contributed by atoms with van der Waals surface area (Å²) in [5.74, 6) is -0.640. The molecule has 0 aromatic carbocycles. The second-order valence-corrected chi connectivity index (χ2v) is 14.5. The summed E-state index contributed by atoms with van der Waals surface area (Å²) in [4.78, 5) is 42.0. The maximum atomic E-state index is 13.5. The van der Waals surface area contributed by atoms with Crippen LogP contribution >= 0.6 is 0 Å². The minimum absolute atomic E-state index is 0.0410. The Morgan fingerprint density at radius 3 is 2.26 bits per heavy atom. The number of nitrogens with zero attached hydrogens (tertiary/aromatic N) is 1. The Morgan fingerprint density at radius 1 is 0.974 bits per heavy atom. The van der Waals surface area contributed by atoms with Crippen LogP contribution in [0.15, 0.2) is 39.9 Å². The van der Waals surface area contributed by atoms with E-state index in [1.807, 2.05) is 13.8 Å². The van der Waals surface area contributed by atoms with E-state index in [4.69, 9.17) is 4.74 Å². The van der Waals surface area contributed by atoms with Crippen molar-refractivity contribution in [3.63, 3.8) is 0 Å². The molecule has 0 bridgehead atoms. The summed E-state index contributed by atoms with van der Waals surface area (Å²) in [6.45, 7) is 14.8. The van der Waals surface area contributed by atoms with Crippen molar-refractivity contribution in [2.45, 2.75) is 99.0 Å². The molecule has 0 aliphatic heterocycles. The highest BCUT2D eigenvalue weighted by atomic mass is 16.5. The molecule has 6 heteroatoms. The number of hydrogen-bond acceptors (Lipinski definition) is 5. The largest absolute Gasteiger partial charge is 0.481 e. The second-order valence-electron chi connectivity index (χ2n) is 14.5. The fraction of sp³-hybridized carbons (Fsp3) is 0.697. The summed E-state index contributed by atoms with van der Waals surface area (Å²) < 4.78 is 6.01. The van der Waals surface area contributed by atoms with Crippen molar-refractivity contribution in [2.75, 3.05) is 13.7 Å². The number of carbonyl (C=O) groups is 3. The van der Waals surface area contributed by atoms with Gasteiger partial charge >= 0.3 is 5.97 Å². The number of rotatable bonds is 4. The summed E-state index contributed by atoms with van der Waals surface area (Å²) in [6.07, 6.45) is 12.6. The van der Waals surface area contributed by atoms with Gasteiger partial charge in [-0.05, 0) is 105 Å². The molecule has 1 N–H and O–H groups in total. The van der Waals surface area contributed by atoms with Gasteiger partial charge < -0.3 is 9.84 Å². The number of Topliss-reactive ketones (excluding diaryl/α,β-unsaturated/α-hetero) is 1. The van der Waals surface area contributed by atoms with Gasteiger partial charge in [-0.2, -0.15) is 0 Å². The number of aliphatic carboxylic acids is 1. The SMILES string of the molecule is CO[C@@]1(C)C2=CC=C3[C@@](C)(CC[C@@]4(C)[C@@H]5C[C@](C)(C(=O)O)CC[C@]5(C)CC[C@]34C)C2=CC(=O)C1=NCC(C)=O. The van der Waals surface area contributed by atoms with Crippen molar-refractivity contribution in [1.29, 1.82) is 0 Å². The number of hydrogen-bond donors (Lipinski definition) is 1. The van der Waals surface area contributed by atoms with Gasteiger partial charge in [0.15, 0.2) is 5.78 Å². The zero-order chi connectivity index (χ0) is 28.8. The Balaban J connectivity index is 1.64. The van der Waals surface area contributed by atoms with Crippen LogP contribution in [0.4, 0.5) is 0 Å². The molecule has 0 saturated heterocycles. The molecule has 7 atom stereocenters. The highest BCUT2D eigenvalue weighted by Crippen LogP contribution is 2.75. The fourth-order valence-corrected chi connectivity index (χ4v) is 9.42. The first-order valence-electron chi connectivity index (χ1n) is 14.5. The molecule has 0 spiro atoms. The Bertz CT molecular complexity index is 1290. The minimum atomic E-state index is -1.03. The van der Waals surface area contributed by atoms with Crippen molar-refractivity contribution in [2.24, 2.45) is 38.0 Å². The first kappa shape index (κ1) is 28.2. The number of allylic oxidation sites excluding steroid dienone is 4. The van der Waals surface area contributed by atoms with Crippen LogP contribution in [-0.2, 0) is 19.1 Å². The number of methoxy groups -OCH3 is 1. The van der Waals surface area contributed by atoms with E-state index in [0.29, 0.717) is 5.92 Å². The summed E-state index contributed by atoms with van der Waals surface area (Å²) in [7, 11) is 1.60. The molecule has 0 aromatic heterocycles. The molecule has 0 aromatic rings. The van der Waals surface area contributed by atoms with E-state index in [1.54, 1.807) is 13.2 Å². The topological polar surface area (TPSA) is 93.0 Å². The van der Waals surface area contributed by atoms with Gasteiger partial charge in [0.05, 0.1) is 12.0 Å². The Labute approximate surface area is 233 Å². The van der Waals surface area contributed by atoms with E-state index in [2.05, 4.69) is 44.8 Å². The van der Waals surface area contributed by atoms with Crippen LogP contribution in [0, 0.1) is 33.0 Å². The first-order valence-corrected chi connectivity index (χ1v) is 14.5. The van der Waals surface area contributed by atoms with Crippen LogP contribution in [0.1, 0.15) is 93.4 Å². The quantitative estimate of drug-likeness (QED) is 0.456. The lowest BCUT2D eigenvalue weighted by atomic mass is 9.34. The van der Waals surface area contributed by atoms with Gasteiger partial charge in [0.25, 0.3) is 0 Å². The van der Waals surface area contributed by atoms with Gasteiger partial charge in [-0.3, -0.25) is 19.4 Å². The first-order chi connectivity index (χ1) is 18.0. The van der Waals surface area contributed by atoms with Gasteiger partial charge in [0.1, 0.15) is 11.3 Å². The number of ketones is 2. The molecular weight excluding hydrogens is 490 g/mol. The second kappa shape index (κ2) is 8.58. The Morgan fingerprint density at radius 2 is 1.64 bits per heavy atom. The van der Waals surface area contributed by atoms with Crippen molar-refractivity contribution >= 4 is 23.2 Å². The van der Waals surface area contributed by atoms with Gasteiger partial charge in [0.2, 0.25) is 5.78 Å². The van der Waals surface area contributed by atoms with Gasteiger partial charge in [-0.15, -0.1) is 0 Å². The van der Waals surface area contributed by atoms with Gasteiger partial charge in [-0.1, -0.05) is 45.4 Å². The summed E-state index contributed by atoms with van der Waals surface area (Å²) >= 11 is 0. The van der Waals surface area contributed by atoms with Crippen molar-refractivity contribution in [3.05, 3.63) is 34.9 Å². The molecule has 0 heterocycles.